The molecule has 0 aliphatic heterocycles. The summed E-state index contributed by atoms with van der Waals surface area (Å²) >= 11 is 1.91. The molecule has 0 aliphatic rings. The Balaban J connectivity index is 2.23. The number of hydrogen-bond acceptors (Lipinski definition) is 4. The number of phenolic OH excluding ortho intramolecular Hbond substituents is 1. The molecule has 0 saturated carbocycles. The number of halogens is 1. The van der Waals surface area contributed by atoms with Gasteiger partial charge in [-0.15, -0.1) is 0 Å². The standard InChI is InChI=1S/C13H11IO4S/c14-11-7-4-8-12(15)13(11)18-19(16,17)9-10-5-2-1-3-6-10/h1-8,15H,9H2. The van der Waals surface area contributed by atoms with Gasteiger partial charge in [-0.1, -0.05) is 36.4 Å². The number of para-hydroxylation sites is 1. The molecule has 100 valence electrons. The summed E-state index contributed by atoms with van der Waals surface area (Å²) in [4.78, 5) is 0. The van der Waals surface area contributed by atoms with Crippen LogP contribution in [0.25, 0.3) is 0 Å². The Bertz CT molecular complexity index is 648. The average molecular weight is 390 g/mol. The van der Waals surface area contributed by atoms with Gasteiger partial charge >= 0.3 is 10.1 Å². The highest BCUT2D eigenvalue weighted by Gasteiger charge is 2.18. The molecular formula is C13H11IO4S. The van der Waals surface area contributed by atoms with E-state index >= 15 is 0 Å². The van der Waals surface area contributed by atoms with Crippen molar-refractivity contribution in [1.82, 2.24) is 0 Å². The first kappa shape index (κ1) is 14.1. The van der Waals surface area contributed by atoms with E-state index in [4.69, 9.17) is 4.18 Å². The Morgan fingerprint density at radius 2 is 1.74 bits per heavy atom. The third-order valence-corrected chi connectivity index (χ3v) is 4.30. The number of rotatable bonds is 4. The van der Waals surface area contributed by atoms with Gasteiger partial charge in [-0.05, 0) is 40.3 Å². The molecule has 0 heterocycles. The van der Waals surface area contributed by atoms with Crippen molar-refractivity contribution in [2.45, 2.75) is 5.75 Å². The summed E-state index contributed by atoms with van der Waals surface area (Å²) in [5.74, 6) is -0.458. The molecule has 1 N–H and O–H groups in total. The van der Waals surface area contributed by atoms with Gasteiger partial charge in [0.15, 0.2) is 11.5 Å². The van der Waals surface area contributed by atoms with E-state index in [1.807, 2.05) is 28.7 Å². The zero-order valence-corrected chi connectivity index (χ0v) is 12.8. The highest BCUT2D eigenvalue weighted by atomic mass is 127. The monoisotopic (exact) mass is 390 g/mol. The maximum atomic E-state index is 11.9. The summed E-state index contributed by atoms with van der Waals surface area (Å²) in [5, 5.41) is 9.63. The minimum atomic E-state index is -3.80. The van der Waals surface area contributed by atoms with Gasteiger partial charge in [0.2, 0.25) is 0 Å². The van der Waals surface area contributed by atoms with Crippen molar-refractivity contribution in [3.8, 4) is 11.5 Å². The van der Waals surface area contributed by atoms with Gasteiger partial charge in [0, 0.05) is 0 Å². The fraction of sp³-hybridized carbons (Fsp3) is 0.0769. The average Bonchev–Trinajstić information content (AvgIpc) is 2.35. The van der Waals surface area contributed by atoms with Crippen LogP contribution in [-0.4, -0.2) is 13.5 Å². The Labute approximate surface area is 125 Å². The van der Waals surface area contributed by atoms with Crippen molar-refractivity contribution in [2.75, 3.05) is 0 Å². The molecular weight excluding hydrogens is 379 g/mol. The summed E-state index contributed by atoms with van der Waals surface area (Å²) in [7, 11) is -3.80. The lowest BCUT2D eigenvalue weighted by molar-refractivity contribution is 0.426. The topological polar surface area (TPSA) is 63.6 Å². The third-order valence-electron chi connectivity index (χ3n) is 2.34. The van der Waals surface area contributed by atoms with Crippen LogP contribution in [0.4, 0.5) is 0 Å². The van der Waals surface area contributed by atoms with Crippen LogP contribution in [0.5, 0.6) is 11.5 Å². The third kappa shape index (κ3) is 3.84. The second-order valence-electron chi connectivity index (χ2n) is 3.86. The van der Waals surface area contributed by atoms with Gasteiger partial charge in [0.25, 0.3) is 0 Å². The summed E-state index contributed by atoms with van der Waals surface area (Å²) in [6.07, 6.45) is 0. The normalized spacial score (nSPS) is 11.2. The quantitative estimate of drug-likeness (QED) is 0.644. The van der Waals surface area contributed by atoms with E-state index in [1.165, 1.54) is 6.07 Å². The van der Waals surface area contributed by atoms with Crippen LogP contribution in [0.3, 0.4) is 0 Å². The Hall–Kier alpha value is -1.28. The first-order valence-corrected chi connectivity index (χ1v) is 8.07. The molecule has 4 nitrogen and oxygen atoms in total. The zero-order valence-electron chi connectivity index (χ0n) is 9.78. The van der Waals surface area contributed by atoms with Crippen molar-refractivity contribution in [1.29, 1.82) is 0 Å². The second kappa shape index (κ2) is 5.79. The van der Waals surface area contributed by atoms with Crippen molar-refractivity contribution >= 4 is 32.7 Å². The molecule has 0 radical (unpaired) electrons. The lowest BCUT2D eigenvalue weighted by Gasteiger charge is -2.10. The Kier molecular flexibility index (Phi) is 4.31. The molecule has 2 aromatic carbocycles. The molecule has 0 saturated heterocycles. The number of benzene rings is 2. The minimum Gasteiger partial charge on any atom is -0.504 e. The number of aromatic hydroxyl groups is 1. The summed E-state index contributed by atoms with van der Waals surface area (Å²) in [6.45, 7) is 0. The predicted octanol–water partition coefficient (Wildman–Crippen LogP) is 2.91. The van der Waals surface area contributed by atoms with Crippen LogP contribution < -0.4 is 4.18 Å². The Morgan fingerprint density at radius 3 is 2.37 bits per heavy atom. The van der Waals surface area contributed by atoms with E-state index in [0.717, 1.165) is 0 Å². The van der Waals surface area contributed by atoms with Gasteiger partial charge < -0.3 is 9.29 Å². The largest absolute Gasteiger partial charge is 0.504 e. The highest BCUT2D eigenvalue weighted by molar-refractivity contribution is 14.1. The molecule has 0 spiro atoms. The van der Waals surface area contributed by atoms with Gasteiger partial charge in [0.1, 0.15) is 5.75 Å². The van der Waals surface area contributed by atoms with E-state index in [1.54, 1.807) is 36.4 Å². The SMILES string of the molecule is O=S(=O)(Cc1ccccc1)Oc1c(O)cccc1I. The van der Waals surface area contributed by atoms with E-state index < -0.39 is 10.1 Å². The number of phenols is 1. The minimum absolute atomic E-state index is 0.0287. The molecule has 0 aliphatic carbocycles. The zero-order chi connectivity index (χ0) is 13.9. The van der Waals surface area contributed by atoms with Gasteiger partial charge in [-0.25, -0.2) is 0 Å². The van der Waals surface area contributed by atoms with Crippen LogP contribution in [0.15, 0.2) is 48.5 Å². The summed E-state index contributed by atoms with van der Waals surface area (Å²) in [5.41, 5.74) is 0.632. The van der Waals surface area contributed by atoms with E-state index in [-0.39, 0.29) is 17.3 Å². The van der Waals surface area contributed by atoms with Gasteiger partial charge in [-0.2, -0.15) is 8.42 Å². The molecule has 19 heavy (non-hydrogen) atoms. The lowest BCUT2D eigenvalue weighted by Crippen LogP contribution is -2.12. The first-order valence-electron chi connectivity index (χ1n) is 5.41. The molecule has 2 aromatic rings. The van der Waals surface area contributed by atoms with E-state index in [0.29, 0.717) is 9.13 Å². The van der Waals surface area contributed by atoms with Crippen LogP contribution >= 0.6 is 22.6 Å². The number of hydrogen-bond donors (Lipinski definition) is 1. The molecule has 0 amide bonds. The summed E-state index contributed by atoms with van der Waals surface area (Å²) in [6, 6.07) is 13.4. The molecule has 0 unspecified atom stereocenters. The fourth-order valence-corrected chi connectivity index (χ4v) is 3.35. The second-order valence-corrected chi connectivity index (χ2v) is 6.59. The van der Waals surface area contributed by atoms with Gasteiger partial charge in [0.05, 0.1) is 3.57 Å². The van der Waals surface area contributed by atoms with E-state index in [9.17, 15) is 13.5 Å². The van der Waals surface area contributed by atoms with Crippen LogP contribution in [0, 0.1) is 3.57 Å². The van der Waals surface area contributed by atoms with Crippen LogP contribution in [0.2, 0.25) is 0 Å². The predicted molar refractivity (Wildman–Crippen MR) is 80.5 cm³/mol. The van der Waals surface area contributed by atoms with Crippen molar-refractivity contribution in [2.24, 2.45) is 0 Å². The van der Waals surface area contributed by atoms with Crippen molar-refractivity contribution in [3.63, 3.8) is 0 Å². The van der Waals surface area contributed by atoms with Crippen molar-refractivity contribution in [3.05, 3.63) is 57.7 Å². The van der Waals surface area contributed by atoms with Crippen LogP contribution in [0.1, 0.15) is 5.56 Å². The fourth-order valence-electron chi connectivity index (χ4n) is 1.51. The molecule has 6 heteroatoms. The molecule has 2 rings (SSSR count). The lowest BCUT2D eigenvalue weighted by atomic mass is 10.2. The molecule has 0 aromatic heterocycles. The maximum Gasteiger partial charge on any atom is 0.313 e. The van der Waals surface area contributed by atoms with Crippen LogP contribution in [-0.2, 0) is 15.9 Å². The molecule has 0 bridgehead atoms. The smallest absolute Gasteiger partial charge is 0.313 e. The first-order chi connectivity index (χ1) is 8.98. The van der Waals surface area contributed by atoms with E-state index in [2.05, 4.69) is 0 Å². The Morgan fingerprint density at radius 1 is 1.05 bits per heavy atom. The molecule has 0 atom stereocenters. The van der Waals surface area contributed by atoms with Crippen molar-refractivity contribution < 1.29 is 17.7 Å². The molecule has 0 fully saturated rings. The highest BCUT2D eigenvalue weighted by Crippen LogP contribution is 2.32. The summed E-state index contributed by atoms with van der Waals surface area (Å²) < 4.78 is 29.4. The van der Waals surface area contributed by atoms with Gasteiger partial charge in [-0.3, -0.25) is 0 Å². The maximum absolute atomic E-state index is 11.9.